The number of hydrogen-bond acceptors (Lipinski definition) is 1. The lowest BCUT2D eigenvalue weighted by molar-refractivity contribution is 0.290. The maximum Gasteiger partial charge on any atom is 0.0548 e. The standard InChI is InChI=1S/C24H30Cl2O/c1-3-8-23(25)24(26)15-13-20-12-11-19(4-2)22-17-18(10-14-21(20)22)9-6-5-7-16-27/h10,13-15,17,19-20,27H,3-5,7-8,11-12,16H2,1-2H3/b15-13+,24-23-. The minimum atomic E-state index is 0.198. The number of rotatable bonds is 7. The highest BCUT2D eigenvalue weighted by atomic mass is 35.5. The van der Waals surface area contributed by atoms with E-state index in [1.165, 1.54) is 17.5 Å². The van der Waals surface area contributed by atoms with Crippen molar-refractivity contribution in [3.63, 3.8) is 0 Å². The van der Waals surface area contributed by atoms with Crippen molar-refractivity contribution < 1.29 is 5.11 Å². The predicted octanol–water partition coefficient (Wildman–Crippen LogP) is 7.23. The normalized spacial score (nSPS) is 20.0. The number of halogens is 2. The molecule has 2 atom stereocenters. The monoisotopic (exact) mass is 404 g/mol. The molecule has 1 N–H and O–H groups in total. The minimum absolute atomic E-state index is 0.198. The third kappa shape index (κ3) is 6.42. The molecule has 146 valence electrons. The van der Waals surface area contributed by atoms with Gasteiger partial charge in [0.05, 0.1) is 5.03 Å². The van der Waals surface area contributed by atoms with Crippen molar-refractivity contribution in [2.75, 3.05) is 6.61 Å². The number of fused-ring (bicyclic) bond motifs is 1. The molecule has 0 amide bonds. The van der Waals surface area contributed by atoms with Crippen LogP contribution in [0.25, 0.3) is 0 Å². The molecule has 0 aromatic heterocycles. The van der Waals surface area contributed by atoms with Crippen molar-refractivity contribution in [3.05, 3.63) is 57.1 Å². The number of aliphatic hydroxyl groups excluding tert-OH is 1. The molecule has 1 aromatic rings. The van der Waals surface area contributed by atoms with Crippen LogP contribution in [0.1, 0.15) is 87.3 Å². The van der Waals surface area contributed by atoms with Crippen LogP contribution in [0.4, 0.5) is 0 Å². The summed E-state index contributed by atoms with van der Waals surface area (Å²) >= 11 is 12.6. The van der Waals surface area contributed by atoms with E-state index in [9.17, 15) is 0 Å². The zero-order valence-electron chi connectivity index (χ0n) is 16.4. The lowest BCUT2D eigenvalue weighted by atomic mass is 9.75. The summed E-state index contributed by atoms with van der Waals surface area (Å²) in [5, 5.41) is 10.3. The molecule has 1 aliphatic carbocycles. The molecule has 1 aliphatic rings. The Balaban J connectivity index is 2.25. The number of aliphatic hydroxyl groups is 1. The van der Waals surface area contributed by atoms with E-state index in [1.54, 1.807) is 0 Å². The highest BCUT2D eigenvalue weighted by Crippen LogP contribution is 2.41. The van der Waals surface area contributed by atoms with Gasteiger partial charge in [-0.15, -0.1) is 0 Å². The summed E-state index contributed by atoms with van der Waals surface area (Å²) in [4.78, 5) is 0. The van der Waals surface area contributed by atoms with Gasteiger partial charge < -0.3 is 5.11 Å². The third-order valence-corrected chi connectivity index (χ3v) is 5.98. The van der Waals surface area contributed by atoms with Crippen LogP contribution in [0.2, 0.25) is 0 Å². The minimum Gasteiger partial charge on any atom is -0.396 e. The van der Waals surface area contributed by atoms with Crippen molar-refractivity contribution >= 4 is 23.2 Å². The summed E-state index contributed by atoms with van der Waals surface area (Å²) in [5.74, 6) is 7.37. The first-order valence-electron chi connectivity index (χ1n) is 10.1. The number of allylic oxidation sites excluding steroid dienone is 4. The Bertz CT molecular complexity index is 736. The van der Waals surface area contributed by atoms with E-state index >= 15 is 0 Å². The summed E-state index contributed by atoms with van der Waals surface area (Å²) in [6.07, 6.45) is 10.9. The Morgan fingerprint density at radius 2 is 2.04 bits per heavy atom. The second-order valence-electron chi connectivity index (χ2n) is 7.12. The van der Waals surface area contributed by atoms with Gasteiger partial charge in [0.1, 0.15) is 0 Å². The van der Waals surface area contributed by atoms with E-state index in [0.29, 0.717) is 16.9 Å². The van der Waals surface area contributed by atoms with Crippen molar-refractivity contribution in [2.45, 2.75) is 70.6 Å². The summed E-state index contributed by atoms with van der Waals surface area (Å²) in [6, 6.07) is 6.61. The Hall–Kier alpha value is -1.20. The number of hydrogen-bond donors (Lipinski definition) is 1. The van der Waals surface area contributed by atoms with E-state index in [0.717, 1.165) is 49.1 Å². The van der Waals surface area contributed by atoms with Gasteiger partial charge in [0.15, 0.2) is 0 Å². The molecule has 3 heteroatoms. The van der Waals surface area contributed by atoms with Gasteiger partial charge in [-0.05, 0) is 67.4 Å². The van der Waals surface area contributed by atoms with Crippen LogP contribution >= 0.6 is 23.2 Å². The van der Waals surface area contributed by atoms with Gasteiger partial charge in [-0.3, -0.25) is 0 Å². The summed E-state index contributed by atoms with van der Waals surface area (Å²) in [6.45, 7) is 4.56. The fourth-order valence-corrected chi connectivity index (χ4v) is 4.04. The van der Waals surface area contributed by atoms with Crippen molar-refractivity contribution in [2.24, 2.45) is 0 Å². The molecule has 27 heavy (non-hydrogen) atoms. The van der Waals surface area contributed by atoms with E-state index in [4.69, 9.17) is 28.3 Å². The first kappa shape index (κ1) is 22.1. The van der Waals surface area contributed by atoms with Gasteiger partial charge in [-0.25, -0.2) is 0 Å². The van der Waals surface area contributed by atoms with Crippen LogP contribution in [-0.2, 0) is 0 Å². The van der Waals surface area contributed by atoms with Crippen molar-refractivity contribution in [3.8, 4) is 11.8 Å². The highest BCUT2D eigenvalue weighted by Gasteiger charge is 2.25. The largest absolute Gasteiger partial charge is 0.396 e. The Morgan fingerprint density at radius 3 is 2.74 bits per heavy atom. The van der Waals surface area contributed by atoms with Gasteiger partial charge in [0.25, 0.3) is 0 Å². The second kappa shape index (κ2) is 11.6. The molecular formula is C24H30Cl2O. The lowest BCUT2D eigenvalue weighted by Gasteiger charge is -2.30. The zero-order chi connectivity index (χ0) is 19.6. The van der Waals surface area contributed by atoms with Crippen LogP contribution in [0.5, 0.6) is 0 Å². The van der Waals surface area contributed by atoms with Crippen LogP contribution in [0, 0.1) is 11.8 Å². The second-order valence-corrected chi connectivity index (χ2v) is 7.99. The van der Waals surface area contributed by atoms with Crippen LogP contribution in [-0.4, -0.2) is 11.7 Å². The molecule has 0 aliphatic heterocycles. The van der Waals surface area contributed by atoms with Crippen LogP contribution < -0.4 is 0 Å². The summed E-state index contributed by atoms with van der Waals surface area (Å²) in [7, 11) is 0. The fourth-order valence-electron chi connectivity index (χ4n) is 3.62. The molecule has 0 bridgehead atoms. The third-order valence-electron chi connectivity index (χ3n) is 5.14. The van der Waals surface area contributed by atoms with Gasteiger partial charge in [-0.2, -0.15) is 0 Å². The first-order valence-corrected chi connectivity index (χ1v) is 10.8. The molecule has 0 fully saturated rings. The summed E-state index contributed by atoms with van der Waals surface area (Å²) in [5.41, 5.74) is 3.88. The Kier molecular flexibility index (Phi) is 9.49. The maximum atomic E-state index is 8.88. The Labute approximate surface area is 174 Å². The highest BCUT2D eigenvalue weighted by molar-refractivity contribution is 6.40. The average molecular weight is 405 g/mol. The molecule has 2 rings (SSSR count). The van der Waals surface area contributed by atoms with Crippen LogP contribution in [0.15, 0.2) is 40.4 Å². The van der Waals surface area contributed by atoms with Crippen LogP contribution in [0.3, 0.4) is 0 Å². The molecular weight excluding hydrogens is 375 g/mol. The molecule has 0 saturated carbocycles. The SMILES string of the molecule is CCC/C(Cl)=C(Cl)\C=C\C1CCC(CC)c2cc(C#CCCCO)ccc21. The predicted molar refractivity (Wildman–Crippen MR) is 117 cm³/mol. The summed E-state index contributed by atoms with van der Waals surface area (Å²) < 4.78 is 0. The van der Waals surface area contributed by atoms with E-state index < -0.39 is 0 Å². The molecule has 1 nitrogen and oxygen atoms in total. The first-order chi connectivity index (χ1) is 13.1. The quantitative estimate of drug-likeness (QED) is 0.288. The number of unbranched alkanes of at least 4 members (excludes halogenated alkanes) is 1. The molecule has 2 unspecified atom stereocenters. The number of benzene rings is 1. The van der Waals surface area contributed by atoms with E-state index in [1.807, 2.05) is 6.08 Å². The average Bonchev–Trinajstić information content (AvgIpc) is 2.69. The fraction of sp³-hybridized carbons (Fsp3) is 0.500. The van der Waals surface area contributed by atoms with Crippen molar-refractivity contribution in [1.29, 1.82) is 0 Å². The van der Waals surface area contributed by atoms with Gasteiger partial charge in [0, 0.05) is 29.5 Å². The zero-order valence-corrected chi connectivity index (χ0v) is 17.9. The topological polar surface area (TPSA) is 20.2 Å². The maximum absolute atomic E-state index is 8.88. The van der Waals surface area contributed by atoms with E-state index in [-0.39, 0.29) is 6.61 Å². The van der Waals surface area contributed by atoms with Gasteiger partial charge in [0.2, 0.25) is 0 Å². The van der Waals surface area contributed by atoms with Gasteiger partial charge >= 0.3 is 0 Å². The van der Waals surface area contributed by atoms with Gasteiger partial charge in [-0.1, -0.05) is 67.5 Å². The molecule has 1 aromatic carbocycles. The molecule has 0 radical (unpaired) electrons. The van der Waals surface area contributed by atoms with Crippen molar-refractivity contribution in [1.82, 2.24) is 0 Å². The van der Waals surface area contributed by atoms with E-state index in [2.05, 4.69) is 50.0 Å². The molecule has 0 spiro atoms. The Morgan fingerprint density at radius 1 is 1.22 bits per heavy atom. The molecule has 0 saturated heterocycles. The smallest absolute Gasteiger partial charge is 0.0548 e. The lowest BCUT2D eigenvalue weighted by Crippen LogP contribution is -2.13. The molecule has 0 heterocycles.